The molecule has 5 nitrogen and oxygen atoms in total. The number of amides is 1. The van der Waals surface area contributed by atoms with Gasteiger partial charge in [0.15, 0.2) is 5.78 Å². The van der Waals surface area contributed by atoms with Gasteiger partial charge in [-0.25, -0.2) is 0 Å². The second kappa shape index (κ2) is 11.2. The molecule has 35 heavy (non-hydrogen) atoms. The summed E-state index contributed by atoms with van der Waals surface area (Å²) < 4.78 is 5.65. The number of benzene rings is 2. The summed E-state index contributed by atoms with van der Waals surface area (Å²) in [6.07, 6.45) is 3.34. The molecule has 1 amide bonds. The van der Waals surface area contributed by atoms with E-state index in [1.165, 1.54) is 11.3 Å². The zero-order valence-corrected chi connectivity index (χ0v) is 22.2. The average Bonchev–Trinajstić information content (AvgIpc) is 3.30. The van der Waals surface area contributed by atoms with Gasteiger partial charge in [-0.05, 0) is 55.2 Å². The van der Waals surface area contributed by atoms with Crippen LogP contribution < -0.4 is 10.1 Å². The van der Waals surface area contributed by atoms with Gasteiger partial charge in [0, 0.05) is 48.7 Å². The number of nitrogens with one attached hydrogen (secondary N) is 1. The largest absolute Gasteiger partial charge is 0.489 e. The molecule has 1 aliphatic heterocycles. The maximum atomic E-state index is 13.0. The fourth-order valence-corrected chi connectivity index (χ4v) is 4.25. The molecule has 0 fully saturated rings. The maximum absolute atomic E-state index is 13.0. The van der Waals surface area contributed by atoms with Crippen molar-refractivity contribution in [3.05, 3.63) is 70.4 Å². The van der Waals surface area contributed by atoms with E-state index in [1.54, 1.807) is 25.2 Å². The molecule has 6 heteroatoms. The first-order valence-corrected chi connectivity index (χ1v) is 12.4. The molecule has 3 rings (SSSR count). The van der Waals surface area contributed by atoms with E-state index in [4.69, 9.17) is 16.3 Å². The Labute approximate surface area is 213 Å². The Kier molecular flexibility index (Phi) is 8.55. The summed E-state index contributed by atoms with van der Waals surface area (Å²) in [4.78, 5) is 30.2. The molecule has 2 aromatic carbocycles. The van der Waals surface area contributed by atoms with Crippen LogP contribution in [-0.4, -0.2) is 30.6 Å². The van der Waals surface area contributed by atoms with Crippen LogP contribution >= 0.6 is 11.6 Å². The molecule has 1 atom stereocenters. The normalized spacial score (nSPS) is 14.4. The van der Waals surface area contributed by atoms with Crippen molar-refractivity contribution in [1.29, 1.82) is 0 Å². The van der Waals surface area contributed by atoms with E-state index in [-0.39, 0.29) is 29.6 Å². The Balaban J connectivity index is 1.68. The van der Waals surface area contributed by atoms with E-state index < -0.39 is 5.92 Å². The number of rotatable bonds is 9. The molecule has 0 bridgehead atoms. The molecule has 186 valence electrons. The Morgan fingerprint density at radius 2 is 1.80 bits per heavy atom. The van der Waals surface area contributed by atoms with Crippen molar-refractivity contribution in [2.24, 2.45) is 16.3 Å². The predicted molar refractivity (Wildman–Crippen MR) is 143 cm³/mol. The minimum absolute atomic E-state index is 0.0175. The number of hydrogen-bond acceptors (Lipinski definition) is 4. The first-order chi connectivity index (χ1) is 16.5. The number of halogens is 1. The van der Waals surface area contributed by atoms with E-state index in [9.17, 15) is 9.59 Å². The molecule has 2 aromatic rings. The third-order valence-electron chi connectivity index (χ3n) is 6.07. The highest BCUT2D eigenvalue weighted by atomic mass is 35.5. The third-order valence-corrected chi connectivity index (χ3v) is 6.37. The van der Waals surface area contributed by atoms with Crippen molar-refractivity contribution < 1.29 is 14.3 Å². The molecule has 0 radical (unpaired) electrons. The van der Waals surface area contributed by atoms with Crippen LogP contribution in [0.3, 0.4) is 0 Å². The summed E-state index contributed by atoms with van der Waals surface area (Å²) in [5.74, 6) is -0.227. The molecule has 0 aromatic heterocycles. The number of nitrogens with zero attached hydrogens (tertiary/aromatic N) is 1. The molecule has 0 spiro atoms. The summed E-state index contributed by atoms with van der Waals surface area (Å²) in [5, 5.41) is 3.08. The van der Waals surface area contributed by atoms with E-state index in [0.29, 0.717) is 22.8 Å². The molecule has 0 saturated heterocycles. The first-order valence-electron chi connectivity index (χ1n) is 12.0. The minimum Gasteiger partial charge on any atom is -0.489 e. The van der Waals surface area contributed by atoms with Crippen molar-refractivity contribution in [3.8, 4) is 5.75 Å². The maximum Gasteiger partial charge on any atom is 0.223 e. The molecule has 1 unspecified atom stereocenters. The van der Waals surface area contributed by atoms with Crippen LogP contribution in [0.25, 0.3) is 5.57 Å². The Bertz CT molecular complexity index is 1140. The second-order valence-electron chi connectivity index (χ2n) is 10.3. The highest BCUT2D eigenvalue weighted by molar-refractivity contribution is 6.32. The van der Waals surface area contributed by atoms with Crippen LogP contribution in [-0.2, 0) is 11.2 Å². The van der Waals surface area contributed by atoms with Crippen LogP contribution in [0.15, 0.2) is 53.7 Å². The Morgan fingerprint density at radius 3 is 2.34 bits per heavy atom. The summed E-state index contributed by atoms with van der Waals surface area (Å²) in [5.41, 5.74) is 5.03. The lowest BCUT2D eigenvalue weighted by molar-refractivity contribution is -0.124. The van der Waals surface area contributed by atoms with Gasteiger partial charge in [0.2, 0.25) is 5.91 Å². The zero-order valence-electron chi connectivity index (χ0n) is 21.4. The van der Waals surface area contributed by atoms with Crippen molar-refractivity contribution in [2.75, 3.05) is 7.05 Å². The summed E-state index contributed by atoms with van der Waals surface area (Å²) in [6.45, 7) is 10.4. The van der Waals surface area contributed by atoms with Gasteiger partial charge in [-0.2, -0.15) is 0 Å². The molecule has 0 aliphatic carbocycles. The smallest absolute Gasteiger partial charge is 0.223 e. The molecular weight excluding hydrogens is 460 g/mol. The van der Waals surface area contributed by atoms with Crippen LogP contribution in [0.1, 0.15) is 68.9 Å². The Hall–Kier alpha value is -2.92. The van der Waals surface area contributed by atoms with Crippen LogP contribution in [0.2, 0.25) is 5.02 Å². The van der Waals surface area contributed by atoms with E-state index in [0.717, 1.165) is 17.5 Å². The summed E-state index contributed by atoms with van der Waals surface area (Å²) >= 11 is 6.31. The highest BCUT2D eigenvalue weighted by Crippen LogP contribution is 2.32. The van der Waals surface area contributed by atoms with Gasteiger partial charge in [-0.1, -0.05) is 56.6 Å². The quantitative estimate of drug-likeness (QED) is 0.402. The number of aliphatic imine (C=N–C) groups is 1. The highest BCUT2D eigenvalue weighted by Gasteiger charge is 2.25. The molecule has 1 heterocycles. The van der Waals surface area contributed by atoms with Crippen LogP contribution in [0.5, 0.6) is 5.75 Å². The number of ether oxygens (including phenoxy) is 1. The van der Waals surface area contributed by atoms with Gasteiger partial charge in [-0.15, -0.1) is 0 Å². The van der Waals surface area contributed by atoms with Crippen molar-refractivity contribution in [2.45, 2.75) is 60.0 Å². The van der Waals surface area contributed by atoms with Crippen molar-refractivity contribution >= 4 is 34.6 Å². The lowest BCUT2D eigenvalue weighted by Crippen LogP contribution is -2.30. The fraction of sp³-hybridized carbons (Fsp3) is 0.414. The SMILES string of the molecule is CNC(=O)C(CC(=O)c1ccc(OC(C)C)c(Cl)c1)Cc1ccc(C2=CN=C(C(C)(C)C)C2)cc1. The zero-order chi connectivity index (χ0) is 25.8. The number of ketones is 1. The standard InChI is InChI=1S/C29H35ClN2O3/c1-18(2)35-26-12-11-21(14-24(26)30)25(33)15-22(28(34)31-6)13-19-7-9-20(10-8-19)23-16-27(32-17-23)29(3,4)5/h7-12,14,17-18,22H,13,15-16H2,1-6H3,(H,31,34). The van der Waals surface area contributed by atoms with Crippen LogP contribution in [0.4, 0.5) is 0 Å². The van der Waals surface area contributed by atoms with Gasteiger partial charge in [-0.3, -0.25) is 14.6 Å². The monoisotopic (exact) mass is 494 g/mol. The number of hydrogen-bond donors (Lipinski definition) is 1. The van der Waals surface area contributed by atoms with E-state index >= 15 is 0 Å². The number of carbonyl (C=O) groups is 2. The van der Waals surface area contributed by atoms with Gasteiger partial charge in [0.05, 0.1) is 11.1 Å². The molecular formula is C29H35ClN2O3. The number of Topliss-reactive ketones (excluding diaryl/α,β-unsaturated/α-hetero) is 1. The predicted octanol–water partition coefficient (Wildman–Crippen LogP) is 6.54. The van der Waals surface area contributed by atoms with Crippen molar-refractivity contribution in [3.63, 3.8) is 0 Å². The fourth-order valence-electron chi connectivity index (χ4n) is 4.03. The lowest BCUT2D eigenvalue weighted by atomic mass is 9.86. The third kappa shape index (κ3) is 7.04. The Morgan fingerprint density at radius 1 is 1.11 bits per heavy atom. The topological polar surface area (TPSA) is 67.8 Å². The van der Waals surface area contributed by atoms with Crippen molar-refractivity contribution in [1.82, 2.24) is 5.32 Å². The van der Waals surface area contributed by atoms with Gasteiger partial charge < -0.3 is 10.1 Å². The van der Waals surface area contributed by atoms with Gasteiger partial charge in [0.25, 0.3) is 0 Å². The average molecular weight is 495 g/mol. The minimum atomic E-state index is -0.481. The summed E-state index contributed by atoms with van der Waals surface area (Å²) in [6, 6.07) is 13.2. The van der Waals surface area contributed by atoms with Gasteiger partial charge >= 0.3 is 0 Å². The molecule has 0 saturated carbocycles. The number of carbonyl (C=O) groups excluding carboxylic acids is 2. The lowest BCUT2D eigenvalue weighted by Gasteiger charge is -2.19. The van der Waals surface area contributed by atoms with E-state index in [1.807, 2.05) is 32.2 Å². The van der Waals surface area contributed by atoms with Crippen LogP contribution in [0, 0.1) is 11.3 Å². The van der Waals surface area contributed by atoms with Gasteiger partial charge in [0.1, 0.15) is 5.75 Å². The second-order valence-corrected chi connectivity index (χ2v) is 10.7. The number of allylic oxidation sites excluding steroid dienone is 1. The summed E-state index contributed by atoms with van der Waals surface area (Å²) in [7, 11) is 1.59. The van der Waals surface area contributed by atoms with E-state index in [2.05, 4.69) is 43.2 Å². The molecule has 1 aliphatic rings. The first kappa shape index (κ1) is 26.7. The molecule has 1 N–H and O–H groups in total.